The molecule has 2 aliphatic rings. The molecular formula is C19H29N3O3S. The number of amides is 1. The van der Waals surface area contributed by atoms with Crippen LogP contribution >= 0.6 is 11.3 Å². The Bertz CT molecular complexity index is 657. The first-order chi connectivity index (χ1) is 12.2. The highest BCUT2D eigenvalue weighted by Gasteiger charge is 2.37. The molecule has 0 aromatic carbocycles. The van der Waals surface area contributed by atoms with Crippen molar-refractivity contribution in [2.45, 2.75) is 70.4 Å². The van der Waals surface area contributed by atoms with Crippen molar-refractivity contribution in [3.8, 4) is 0 Å². The molecule has 1 aromatic rings. The summed E-state index contributed by atoms with van der Waals surface area (Å²) >= 11 is 1.61. The number of hydrogen-bond acceptors (Lipinski definition) is 5. The van der Waals surface area contributed by atoms with Gasteiger partial charge in [-0.1, -0.05) is 20.8 Å². The van der Waals surface area contributed by atoms with Crippen molar-refractivity contribution < 1.29 is 14.7 Å². The monoisotopic (exact) mass is 379 g/mol. The van der Waals surface area contributed by atoms with Gasteiger partial charge in [-0.15, -0.1) is 11.3 Å². The normalized spacial score (nSPS) is 22.9. The van der Waals surface area contributed by atoms with E-state index >= 15 is 0 Å². The summed E-state index contributed by atoms with van der Waals surface area (Å²) in [6, 6.07) is 0.437. The Morgan fingerprint density at radius 1 is 1.35 bits per heavy atom. The number of carbonyl (C=O) groups excluding carboxylic acids is 1. The van der Waals surface area contributed by atoms with Gasteiger partial charge >= 0.3 is 5.97 Å². The summed E-state index contributed by atoms with van der Waals surface area (Å²) in [7, 11) is 0. The first-order valence-electron chi connectivity index (χ1n) is 9.41. The van der Waals surface area contributed by atoms with E-state index in [2.05, 4.69) is 36.0 Å². The van der Waals surface area contributed by atoms with Crippen LogP contribution in [0.4, 0.5) is 0 Å². The Balaban J connectivity index is 1.43. The molecule has 2 saturated carbocycles. The average Bonchev–Trinajstić information content (AvgIpc) is 3.15. The second-order valence-corrected chi connectivity index (χ2v) is 9.59. The second kappa shape index (κ2) is 7.64. The molecule has 0 aliphatic heterocycles. The molecule has 1 aromatic heterocycles. The molecule has 26 heavy (non-hydrogen) atoms. The van der Waals surface area contributed by atoms with Crippen LogP contribution in [0.25, 0.3) is 0 Å². The summed E-state index contributed by atoms with van der Waals surface area (Å²) in [6.45, 7) is 7.35. The molecule has 0 radical (unpaired) electrons. The summed E-state index contributed by atoms with van der Waals surface area (Å²) in [6.07, 6.45) is 4.43. The van der Waals surface area contributed by atoms with Crippen molar-refractivity contribution in [3.05, 3.63) is 16.1 Å². The molecule has 0 saturated heterocycles. The number of rotatable bonds is 8. The van der Waals surface area contributed by atoms with E-state index in [1.807, 2.05) is 5.38 Å². The van der Waals surface area contributed by atoms with Gasteiger partial charge in [0.2, 0.25) is 5.91 Å². The van der Waals surface area contributed by atoms with Gasteiger partial charge in [-0.2, -0.15) is 0 Å². The fourth-order valence-electron chi connectivity index (χ4n) is 3.33. The van der Waals surface area contributed by atoms with E-state index in [0.717, 1.165) is 30.1 Å². The summed E-state index contributed by atoms with van der Waals surface area (Å²) in [5, 5.41) is 15.2. The third kappa shape index (κ3) is 5.27. The molecule has 1 amide bonds. The summed E-state index contributed by atoms with van der Waals surface area (Å²) in [5.74, 6) is -0.0906. The zero-order chi connectivity index (χ0) is 18.9. The third-order valence-corrected chi connectivity index (χ3v) is 6.37. The molecule has 2 N–H and O–H groups in total. The first-order valence-corrected chi connectivity index (χ1v) is 10.3. The van der Waals surface area contributed by atoms with Gasteiger partial charge in [-0.3, -0.25) is 14.5 Å². The summed E-state index contributed by atoms with van der Waals surface area (Å²) in [4.78, 5) is 30.0. The molecule has 0 spiro atoms. The predicted molar refractivity (Wildman–Crippen MR) is 101 cm³/mol. The number of carboxylic acid groups (broad SMARTS) is 1. The van der Waals surface area contributed by atoms with Crippen LogP contribution in [-0.2, 0) is 21.4 Å². The molecule has 0 bridgehead atoms. The lowest BCUT2D eigenvalue weighted by Gasteiger charge is -2.42. The number of aromatic nitrogens is 1. The minimum Gasteiger partial charge on any atom is -0.480 e. The van der Waals surface area contributed by atoms with Gasteiger partial charge in [0.25, 0.3) is 0 Å². The van der Waals surface area contributed by atoms with E-state index < -0.39 is 5.97 Å². The lowest BCUT2D eigenvalue weighted by molar-refractivity contribution is -0.140. The number of carboxylic acids is 1. The van der Waals surface area contributed by atoms with Crippen LogP contribution in [-0.4, -0.2) is 52.0 Å². The third-order valence-electron chi connectivity index (χ3n) is 5.06. The van der Waals surface area contributed by atoms with Crippen LogP contribution in [0.1, 0.15) is 57.2 Å². The Morgan fingerprint density at radius 3 is 2.58 bits per heavy atom. The van der Waals surface area contributed by atoms with E-state index in [-0.39, 0.29) is 30.0 Å². The van der Waals surface area contributed by atoms with Crippen molar-refractivity contribution in [3.63, 3.8) is 0 Å². The maximum Gasteiger partial charge on any atom is 0.317 e. The molecule has 3 rings (SSSR count). The van der Waals surface area contributed by atoms with Crippen molar-refractivity contribution in [1.29, 1.82) is 0 Å². The number of nitrogens with one attached hydrogen (secondary N) is 1. The Labute approximate surface area is 159 Å². The number of aliphatic carboxylic acids is 1. The van der Waals surface area contributed by atoms with Crippen molar-refractivity contribution >= 4 is 23.2 Å². The van der Waals surface area contributed by atoms with Crippen LogP contribution in [0.3, 0.4) is 0 Å². The second-order valence-electron chi connectivity index (χ2n) is 8.73. The molecule has 1 heterocycles. The molecule has 2 aliphatic carbocycles. The Kier molecular flexibility index (Phi) is 5.67. The zero-order valence-electron chi connectivity index (χ0n) is 15.8. The van der Waals surface area contributed by atoms with Gasteiger partial charge in [-0.25, -0.2) is 4.98 Å². The topological polar surface area (TPSA) is 82.5 Å². The molecule has 144 valence electrons. The van der Waals surface area contributed by atoms with Gasteiger partial charge in [-0.05, 0) is 31.6 Å². The van der Waals surface area contributed by atoms with E-state index in [4.69, 9.17) is 5.11 Å². The zero-order valence-corrected chi connectivity index (χ0v) is 16.6. The highest BCUT2D eigenvalue weighted by molar-refractivity contribution is 7.09. The molecule has 0 unspecified atom stereocenters. The van der Waals surface area contributed by atoms with E-state index in [0.29, 0.717) is 12.3 Å². The van der Waals surface area contributed by atoms with Gasteiger partial charge in [0, 0.05) is 29.4 Å². The Morgan fingerprint density at radius 2 is 2.04 bits per heavy atom. The number of nitrogens with zero attached hydrogens (tertiary/aromatic N) is 2. The van der Waals surface area contributed by atoms with E-state index in [9.17, 15) is 9.59 Å². The van der Waals surface area contributed by atoms with Crippen LogP contribution in [0, 0.1) is 5.92 Å². The van der Waals surface area contributed by atoms with Crippen LogP contribution in [0.5, 0.6) is 0 Å². The highest BCUT2D eigenvalue weighted by Crippen LogP contribution is 2.33. The highest BCUT2D eigenvalue weighted by atomic mass is 32.1. The molecule has 7 heteroatoms. The quantitative estimate of drug-likeness (QED) is 0.725. The molecule has 0 atom stereocenters. The Hall–Kier alpha value is -1.47. The van der Waals surface area contributed by atoms with Crippen molar-refractivity contribution in [2.24, 2.45) is 5.92 Å². The van der Waals surface area contributed by atoms with E-state index in [1.165, 1.54) is 12.8 Å². The fraction of sp³-hybridized carbons (Fsp3) is 0.737. The number of carbonyl (C=O) groups is 2. The average molecular weight is 380 g/mol. The number of hydrogen-bond donors (Lipinski definition) is 2. The van der Waals surface area contributed by atoms with Gasteiger partial charge in [0.1, 0.15) is 0 Å². The largest absolute Gasteiger partial charge is 0.480 e. The maximum absolute atomic E-state index is 12.3. The standard InChI is InChI=1S/C19H29N3O3S/c1-19(2,3)18-21-14(11-26-18)8-16(23)20-13-6-15(7-13)22(10-17(24)25)9-12-4-5-12/h11-13,15H,4-10H2,1-3H3,(H,20,23)(H,24,25). The van der Waals surface area contributed by atoms with Gasteiger partial charge < -0.3 is 10.4 Å². The van der Waals surface area contributed by atoms with Crippen LogP contribution in [0.2, 0.25) is 0 Å². The minimum atomic E-state index is -0.767. The summed E-state index contributed by atoms with van der Waals surface area (Å²) < 4.78 is 0. The van der Waals surface area contributed by atoms with Crippen LogP contribution in [0.15, 0.2) is 5.38 Å². The van der Waals surface area contributed by atoms with Crippen molar-refractivity contribution in [1.82, 2.24) is 15.2 Å². The molecular weight excluding hydrogens is 350 g/mol. The SMILES string of the molecule is CC(C)(C)c1nc(CC(=O)NC2CC(N(CC(=O)O)CC3CC3)C2)cs1. The lowest BCUT2D eigenvalue weighted by atomic mass is 9.85. The van der Waals surface area contributed by atoms with Crippen LogP contribution < -0.4 is 5.32 Å². The van der Waals surface area contributed by atoms with Gasteiger partial charge in [0.05, 0.1) is 23.7 Å². The van der Waals surface area contributed by atoms with E-state index in [1.54, 1.807) is 11.3 Å². The summed E-state index contributed by atoms with van der Waals surface area (Å²) in [5.41, 5.74) is 0.838. The molecule has 2 fully saturated rings. The molecule has 6 nitrogen and oxygen atoms in total. The lowest BCUT2D eigenvalue weighted by Crippen LogP contribution is -2.55. The smallest absolute Gasteiger partial charge is 0.317 e. The minimum absolute atomic E-state index is 0.00573. The predicted octanol–water partition coefficient (Wildman–Crippen LogP) is 2.43. The maximum atomic E-state index is 12.3. The number of thiazole rings is 1. The first kappa shape index (κ1) is 19.3. The van der Waals surface area contributed by atoms with Gasteiger partial charge in [0.15, 0.2) is 0 Å². The fourth-order valence-corrected chi connectivity index (χ4v) is 4.24. The van der Waals surface area contributed by atoms with Crippen molar-refractivity contribution in [2.75, 3.05) is 13.1 Å².